The molecule has 1 saturated heterocycles. The fourth-order valence-corrected chi connectivity index (χ4v) is 3.47. The summed E-state index contributed by atoms with van der Waals surface area (Å²) in [6.07, 6.45) is 1.89. The lowest BCUT2D eigenvalue weighted by Gasteiger charge is -2.25. The van der Waals surface area contributed by atoms with Gasteiger partial charge in [-0.2, -0.15) is 0 Å². The molecule has 3 rings (SSSR count). The molecule has 0 radical (unpaired) electrons. The van der Waals surface area contributed by atoms with Crippen molar-refractivity contribution in [1.29, 1.82) is 0 Å². The van der Waals surface area contributed by atoms with Crippen LogP contribution in [0.5, 0.6) is 0 Å². The van der Waals surface area contributed by atoms with Gasteiger partial charge in [0, 0.05) is 12.2 Å². The minimum Gasteiger partial charge on any atom is -0.317 e. The Hall–Kier alpha value is -2.38. The van der Waals surface area contributed by atoms with Crippen molar-refractivity contribution in [2.75, 3.05) is 11.9 Å². The Morgan fingerprint density at radius 2 is 1.75 bits per heavy atom. The van der Waals surface area contributed by atoms with Crippen LogP contribution >= 0.6 is 0 Å². The van der Waals surface area contributed by atoms with Gasteiger partial charge in [0.1, 0.15) is 0 Å². The minimum atomic E-state index is -3.73. The van der Waals surface area contributed by atoms with Crippen molar-refractivity contribution in [2.45, 2.75) is 23.8 Å². The summed E-state index contributed by atoms with van der Waals surface area (Å²) in [7, 11) is -3.73. The highest BCUT2D eigenvalue weighted by Crippen LogP contribution is 2.32. The number of nitrogens with two attached hydrogens (primary N) is 1. The van der Waals surface area contributed by atoms with E-state index in [1.54, 1.807) is 0 Å². The summed E-state index contributed by atoms with van der Waals surface area (Å²) < 4.78 is 22.5. The topological polar surface area (TPSA) is 92.5 Å². The van der Waals surface area contributed by atoms with Crippen LogP contribution in [-0.4, -0.2) is 25.9 Å². The standard InChI is InChI=1S/C17H19N3O3S/c18-24(22,23)15-10-8-14(9-11-15)19-17(21)20-12-4-7-16(20)13-5-2-1-3-6-13/h1-3,5-6,8-11,16H,4,7,12H2,(H,19,21)(H2,18,22,23)/t16-/m0/s1. The number of nitrogens with one attached hydrogen (secondary N) is 1. The molecule has 6 nitrogen and oxygen atoms in total. The minimum absolute atomic E-state index is 0.0174. The van der Waals surface area contributed by atoms with Gasteiger partial charge in [-0.1, -0.05) is 30.3 Å². The number of hydrogen-bond donors (Lipinski definition) is 2. The summed E-state index contributed by atoms with van der Waals surface area (Å²) in [6, 6.07) is 15.6. The molecular formula is C17H19N3O3S. The van der Waals surface area contributed by atoms with Gasteiger partial charge in [-0.05, 0) is 42.7 Å². The Morgan fingerprint density at radius 1 is 1.08 bits per heavy atom. The number of hydrogen-bond acceptors (Lipinski definition) is 3. The normalized spacial score (nSPS) is 17.7. The third-order valence-corrected chi connectivity index (χ3v) is 5.06. The maximum absolute atomic E-state index is 12.6. The molecule has 0 bridgehead atoms. The van der Waals surface area contributed by atoms with Crippen LogP contribution in [0.4, 0.5) is 10.5 Å². The van der Waals surface area contributed by atoms with Crippen LogP contribution in [0.3, 0.4) is 0 Å². The van der Waals surface area contributed by atoms with E-state index in [0.29, 0.717) is 12.2 Å². The number of rotatable bonds is 3. The maximum atomic E-state index is 12.6. The van der Waals surface area contributed by atoms with Gasteiger partial charge < -0.3 is 10.2 Å². The highest BCUT2D eigenvalue weighted by molar-refractivity contribution is 7.89. The van der Waals surface area contributed by atoms with E-state index in [1.807, 2.05) is 35.2 Å². The van der Waals surface area contributed by atoms with Gasteiger partial charge in [0.05, 0.1) is 10.9 Å². The Balaban J connectivity index is 1.72. The van der Waals surface area contributed by atoms with Crippen molar-refractivity contribution in [3.63, 3.8) is 0 Å². The molecule has 2 aromatic carbocycles. The van der Waals surface area contributed by atoms with Crippen LogP contribution in [0.1, 0.15) is 24.4 Å². The van der Waals surface area contributed by atoms with Gasteiger partial charge in [-0.3, -0.25) is 0 Å². The van der Waals surface area contributed by atoms with E-state index in [9.17, 15) is 13.2 Å². The number of sulfonamides is 1. The SMILES string of the molecule is NS(=O)(=O)c1ccc(NC(=O)N2CCC[C@H]2c2ccccc2)cc1. The number of urea groups is 1. The molecule has 3 N–H and O–H groups in total. The Kier molecular flexibility index (Phi) is 4.55. The summed E-state index contributed by atoms with van der Waals surface area (Å²) in [5, 5.41) is 7.88. The first-order valence-electron chi connectivity index (χ1n) is 7.70. The van der Waals surface area contributed by atoms with Crippen LogP contribution in [0.25, 0.3) is 0 Å². The summed E-state index contributed by atoms with van der Waals surface area (Å²) in [4.78, 5) is 14.4. The average Bonchev–Trinajstić information content (AvgIpc) is 3.05. The monoisotopic (exact) mass is 345 g/mol. The van der Waals surface area contributed by atoms with Crippen LogP contribution in [-0.2, 0) is 10.0 Å². The molecule has 126 valence electrons. The predicted molar refractivity (Wildman–Crippen MR) is 92.0 cm³/mol. The predicted octanol–water partition coefficient (Wildman–Crippen LogP) is 2.70. The molecule has 24 heavy (non-hydrogen) atoms. The number of likely N-dealkylation sites (tertiary alicyclic amines) is 1. The molecule has 1 heterocycles. The van der Waals surface area contributed by atoms with Gasteiger partial charge in [0.15, 0.2) is 0 Å². The molecule has 1 fully saturated rings. The van der Waals surface area contributed by atoms with Crippen molar-refractivity contribution in [2.24, 2.45) is 5.14 Å². The summed E-state index contributed by atoms with van der Waals surface area (Å²) in [5.74, 6) is 0. The molecule has 0 aliphatic carbocycles. The number of nitrogens with zero attached hydrogens (tertiary/aromatic N) is 1. The maximum Gasteiger partial charge on any atom is 0.322 e. The first-order chi connectivity index (χ1) is 11.4. The highest BCUT2D eigenvalue weighted by atomic mass is 32.2. The largest absolute Gasteiger partial charge is 0.322 e. The van der Waals surface area contributed by atoms with Crippen molar-refractivity contribution >= 4 is 21.7 Å². The number of primary sulfonamides is 1. The first kappa shape index (κ1) is 16.5. The number of carbonyl (C=O) groups excluding carboxylic acids is 1. The van der Waals surface area contributed by atoms with Crippen molar-refractivity contribution in [3.05, 3.63) is 60.2 Å². The Morgan fingerprint density at radius 3 is 2.38 bits per heavy atom. The average molecular weight is 345 g/mol. The smallest absolute Gasteiger partial charge is 0.317 e. The lowest BCUT2D eigenvalue weighted by Crippen LogP contribution is -2.34. The van der Waals surface area contributed by atoms with E-state index >= 15 is 0 Å². The second-order valence-corrected chi connectivity index (χ2v) is 7.32. The molecule has 1 aliphatic heterocycles. The fourth-order valence-electron chi connectivity index (χ4n) is 2.95. The zero-order valence-electron chi connectivity index (χ0n) is 13.1. The number of anilines is 1. The van der Waals surface area contributed by atoms with Crippen LogP contribution in [0.2, 0.25) is 0 Å². The van der Waals surface area contributed by atoms with E-state index in [2.05, 4.69) is 5.32 Å². The molecule has 0 spiro atoms. The van der Waals surface area contributed by atoms with E-state index in [0.717, 1.165) is 18.4 Å². The number of benzene rings is 2. The van der Waals surface area contributed by atoms with Crippen molar-refractivity contribution in [3.8, 4) is 0 Å². The van der Waals surface area contributed by atoms with Gasteiger partial charge in [-0.25, -0.2) is 18.4 Å². The van der Waals surface area contributed by atoms with Gasteiger partial charge in [0.2, 0.25) is 10.0 Å². The zero-order valence-corrected chi connectivity index (χ0v) is 13.9. The molecule has 0 unspecified atom stereocenters. The summed E-state index contributed by atoms with van der Waals surface area (Å²) in [5.41, 5.74) is 1.65. The molecule has 7 heteroatoms. The molecular weight excluding hydrogens is 326 g/mol. The molecule has 2 amide bonds. The molecule has 0 aromatic heterocycles. The molecule has 1 aliphatic rings. The second-order valence-electron chi connectivity index (χ2n) is 5.76. The zero-order chi connectivity index (χ0) is 17.2. The third-order valence-electron chi connectivity index (χ3n) is 4.13. The molecule has 1 atom stereocenters. The third kappa shape index (κ3) is 3.58. The number of carbonyl (C=O) groups is 1. The van der Waals surface area contributed by atoms with Crippen LogP contribution in [0, 0.1) is 0 Å². The van der Waals surface area contributed by atoms with Crippen molar-refractivity contribution < 1.29 is 13.2 Å². The van der Waals surface area contributed by atoms with Gasteiger partial charge in [0.25, 0.3) is 0 Å². The first-order valence-corrected chi connectivity index (χ1v) is 9.25. The molecule has 0 saturated carbocycles. The lowest BCUT2D eigenvalue weighted by molar-refractivity contribution is 0.207. The van der Waals surface area contributed by atoms with E-state index in [4.69, 9.17) is 5.14 Å². The van der Waals surface area contributed by atoms with Gasteiger partial charge in [-0.15, -0.1) is 0 Å². The Bertz CT molecular complexity index is 820. The quantitative estimate of drug-likeness (QED) is 0.896. The van der Waals surface area contributed by atoms with Gasteiger partial charge >= 0.3 is 6.03 Å². The van der Waals surface area contributed by atoms with Crippen molar-refractivity contribution in [1.82, 2.24) is 4.90 Å². The van der Waals surface area contributed by atoms with E-state index in [-0.39, 0.29) is 17.0 Å². The summed E-state index contributed by atoms with van der Waals surface area (Å²) in [6.45, 7) is 0.695. The summed E-state index contributed by atoms with van der Waals surface area (Å²) >= 11 is 0. The van der Waals surface area contributed by atoms with Crippen LogP contribution < -0.4 is 10.5 Å². The lowest BCUT2D eigenvalue weighted by atomic mass is 10.1. The Labute approximate surface area is 141 Å². The number of amides is 2. The highest BCUT2D eigenvalue weighted by Gasteiger charge is 2.29. The second kappa shape index (κ2) is 6.62. The fraction of sp³-hybridized carbons (Fsp3) is 0.235. The molecule has 2 aromatic rings. The van der Waals surface area contributed by atoms with E-state index in [1.165, 1.54) is 24.3 Å². The van der Waals surface area contributed by atoms with E-state index < -0.39 is 10.0 Å². The van der Waals surface area contributed by atoms with Crippen LogP contribution in [0.15, 0.2) is 59.5 Å².